The highest BCUT2D eigenvalue weighted by atomic mass is 31.2. The molecule has 0 aromatic heterocycles. The molecule has 0 bridgehead atoms. The predicted molar refractivity (Wildman–Crippen MR) is 93.1 cm³/mol. The van der Waals surface area contributed by atoms with Crippen molar-refractivity contribution >= 4 is 19.4 Å². The Hall–Kier alpha value is -2.17. The summed E-state index contributed by atoms with van der Waals surface area (Å²) in [7, 11) is -4.45. The quantitative estimate of drug-likeness (QED) is 0.0838. The lowest BCUT2D eigenvalue weighted by atomic mass is 10.1. The molecule has 14 heteroatoms. The first-order valence-electron chi connectivity index (χ1n) is 8.49. The van der Waals surface area contributed by atoms with Crippen LogP contribution < -0.4 is 5.32 Å². The van der Waals surface area contributed by atoms with Crippen LogP contribution in [0.4, 0.5) is 23.2 Å². The van der Waals surface area contributed by atoms with E-state index in [0.29, 0.717) is 25.7 Å². The summed E-state index contributed by atoms with van der Waals surface area (Å²) in [4.78, 5) is 30.9. The monoisotopic (exact) mass is 442 g/mol. The molecule has 0 heterocycles. The van der Waals surface area contributed by atoms with Crippen molar-refractivity contribution in [3.8, 4) is 0 Å². The Morgan fingerprint density at radius 1 is 1.00 bits per heavy atom. The molecular weight excluding hydrogens is 423 g/mol. The molecule has 29 heavy (non-hydrogen) atoms. The van der Waals surface area contributed by atoms with Crippen molar-refractivity contribution in [2.45, 2.75) is 38.5 Å². The second kappa shape index (κ2) is 11.7. The molecule has 3 N–H and O–H groups in total. The zero-order valence-electron chi connectivity index (χ0n) is 15.1. The lowest BCUT2D eigenvalue weighted by molar-refractivity contribution is 0.0942. The van der Waals surface area contributed by atoms with Crippen molar-refractivity contribution in [3.05, 3.63) is 39.3 Å². The number of nitrogens with zero attached hydrogens (tertiary/aromatic N) is 3. The van der Waals surface area contributed by atoms with Gasteiger partial charge in [-0.3, -0.25) is 9.32 Å². The molecule has 1 aromatic carbocycles. The van der Waals surface area contributed by atoms with Gasteiger partial charge in [-0.2, -0.15) is 0 Å². The van der Waals surface area contributed by atoms with Crippen LogP contribution in [0.2, 0.25) is 0 Å². The van der Waals surface area contributed by atoms with Crippen LogP contribution in [0, 0.1) is 23.3 Å². The Morgan fingerprint density at radius 2 is 1.52 bits per heavy atom. The molecule has 0 fully saturated rings. The van der Waals surface area contributed by atoms with E-state index in [2.05, 4.69) is 19.9 Å². The van der Waals surface area contributed by atoms with Gasteiger partial charge in [0.15, 0.2) is 23.3 Å². The van der Waals surface area contributed by atoms with Crippen molar-refractivity contribution in [1.29, 1.82) is 0 Å². The number of nitrogens with one attached hydrogen (secondary N) is 1. The fourth-order valence-electron chi connectivity index (χ4n) is 2.36. The Balaban J connectivity index is 2.41. The van der Waals surface area contributed by atoms with Crippen LogP contribution in [0.25, 0.3) is 10.4 Å². The van der Waals surface area contributed by atoms with Gasteiger partial charge in [-0.25, -0.2) is 22.1 Å². The first kappa shape index (κ1) is 24.9. The molecule has 1 amide bonds. The molecule has 0 saturated carbocycles. The summed E-state index contributed by atoms with van der Waals surface area (Å²) in [6.07, 6.45) is 3.64. The van der Waals surface area contributed by atoms with Crippen LogP contribution >= 0.6 is 7.82 Å². The molecule has 0 aliphatic rings. The highest BCUT2D eigenvalue weighted by Crippen LogP contribution is 2.35. The van der Waals surface area contributed by atoms with Gasteiger partial charge in [-0.15, -0.1) is 0 Å². The van der Waals surface area contributed by atoms with E-state index in [1.165, 1.54) is 0 Å². The average molecular weight is 442 g/mol. The number of phosphoric acid groups is 1. The zero-order chi connectivity index (χ0) is 22.0. The third-order valence-corrected chi connectivity index (χ3v) is 4.25. The molecule has 0 spiro atoms. The van der Waals surface area contributed by atoms with Gasteiger partial charge in [-0.1, -0.05) is 30.8 Å². The summed E-state index contributed by atoms with van der Waals surface area (Å²) < 4.78 is 69.7. The van der Waals surface area contributed by atoms with Gasteiger partial charge < -0.3 is 15.1 Å². The maximum absolute atomic E-state index is 13.8. The van der Waals surface area contributed by atoms with Crippen molar-refractivity contribution in [1.82, 2.24) is 5.32 Å². The summed E-state index contributed by atoms with van der Waals surface area (Å²) in [5, 5.41) is 4.69. The number of benzene rings is 1. The van der Waals surface area contributed by atoms with Gasteiger partial charge >= 0.3 is 7.82 Å². The Kier molecular flexibility index (Phi) is 10.1. The number of amides is 1. The highest BCUT2D eigenvalue weighted by molar-refractivity contribution is 7.46. The van der Waals surface area contributed by atoms with Crippen molar-refractivity contribution < 1.29 is 41.2 Å². The summed E-state index contributed by atoms with van der Waals surface area (Å²) in [6, 6.07) is 0. The second-order valence-corrected chi connectivity index (χ2v) is 7.11. The van der Waals surface area contributed by atoms with Crippen LogP contribution in [-0.2, 0) is 9.09 Å². The molecule has 1 aromatic rings. The van der Waals surface area contributed by atoms with Gasteiger partial charge in [0.2, 0.25) is 0 Å². The molecule has 0 unspecified atom stereocenters. The summed E-state index contributed by atoms with van der Waals surface area (Å²) in [5.74, 6) is -9.19. The first-order valence-corrected chi connectivity index (χ1v) is 10.0. The molecular formula is C15H19F4N4O5P. The lowest BCUT2D eigenvalue weighted by Crippen LogP contribution is -2.27. The molecule has 9 nitrogen and oxygen atoms in total. The van der Waals surface area contributed by atoms with Crippen molar-refractivity contribution in [3.63, 3.8) is 0 Å². The van der Waals surface area contributed by atoms with Gasteiger partial charge in [0.05, 0.1) is 6.61 Å². The lowest BCUT2D eigenvalue weighted by Gasteiger charge is -2.10. The summed E-state index contributed by atoms with van der Waals surface area (Å²) in [5.41, 5.74) is 5.23. The minimum Gasteiger partial charge on any atom is -0.352 e. The summed E-state index contributed by atoms with van der Waals surface area (Å²) >= 11 is 0. The number of carbonyl (C=O) groups excluding carboxylic acids is 1. The molecule has 0 saturated heterocycles. The number of hydrogen-bond donors (Lipinski definition) is 3. The predicted octanol–water partition coefficient (Wildman–Crippen LogP) is 4.36. The molecule has 0 aliphatic carbocycles. The summed E-state index contributed by atoms with van der Waals surface area (Å²) in [6.45, 7) is -0.0661. The van der Waals surface area contributed by atoms with Crippen LogP contribution in [0.5, 0.6) is 0 Å². The van der Waals surface area contributed by atoms with E-state index >= 15 is 0 Å². The number of hydrogen-bond acceptors (Lipinski definition) is 4. The molecule has 1 rings (SSSR count). The molecule has 0 radical (unpaired) electrons. The van der Waals surface area contributed by atoms with E-state index in [4.69, 9.17) is 15.3 Å². The van der Waals surface area contributed by atoms with Crippen molar-refractivity contribution in [2.75, 3.05) is 13.2 Å². The van der Waals surface area contributed by atoms with E-state index in [9.17, 15) is 26.9 Å². The van der Waals surface area contributed by atoms with Gasteiger partial charge in [0, 0.05) is 11.5 Å². The number of carbonyl (C=O) groups is 1. The number of phosphoric ester groups is 1. The van der Waals surface area contributed by atoms with E-state index in [-0.39, 0.29) is 13.2 Å². The minimum atomic E-state index is -4.45. The van der Waals surface area contributed by atoms with E-state index < -0.39 is 48.2 Å². The number of azide groups is 1. The first-order chi connectivity index (χ1) is 13.6. The smallest absolute Gasteiger partial charge is 0.352 e. The largest absolute Gasteiger partial charge is 0.469 e. The standard InChI is InChI=1S/C15H19F4N4O5P/c16-10-9(11(17)13(19)14(12(10)18)22-23-20)15(24)21-7-5-3-1-2-4-6-8-28-29(25,26)27/h1-8H2,(H,21,24)(H2,25,26,27). The van der Waals surface area contributed by atoms with Crippen molar-refractivity contribution in [2.24, 2.45) is 5.11 Å². The number of unbranched alkanes of at least 4 members (excludes halogenated alkanes) is 5. The van der Waals surface area contributed by atoms with Gasteiger partial charge in [0.25, 0.3) is 5.91 Å². The second-order valence-electron chi connectivity index (χ2n) is 5.87. The highest BCUT2D eigenvalue weighted by Gasteiger charge is 2.28. The maximum Gasteiger partial charge on any atom is 0.469 e. The molecule has 0 aliphatic heterocycles. The fourth-order valence-corrected chi connectivity index (χ4v) is 2.73. The average Bonchev–Trinajstić information content (AvgIpc) is 2.64. The van der Waals surface area contributed by atoms with E-state index in [0.717, 1.165) is 12.8 Å². The van der Waals surface area contributed by atoms with Gasteiger partial charge in [-0.05, 0) is 18.4 Å². The number of rotatable bonds is 12. The maximum atomic E-state index is 13.8. The van der Waals surface area contributed by atoms with Crippen LogP contribution in [0.1, 0.15) is 48.9 Å². The molecule has 0 atom stereocenters. The van der Waals surface area contributed by atoms with Crippen LogP contribution in [0.15, 0.2) is 5.11 Å². The number of halogens is 4. The SMILES string of the molecule is [N-]=[N+]=Nc1c(F)c(F)c(C(=O)NCCCCCCCCOP(=O)(O)O)c(F)c1F. The van der Waals surface area contributed by atoms with Crippen LogP contribution in [0.3, 0.4) is 0 Å². The Bertz CT molecular complexity index is 800. The third-order valence-electron chi connectivity index (χ3n) is 3.73. The Labute approximate surface area is 162 Å². The van der Waals surface area contributed by atoms with Gasteiger partial charge in [0.1, 0.15) is 11.3 Å². The molecule has 162 valence electrons. The van der Waals surface area contributed by atoms with Crippen LogP contribution in [-0.4, -0.2) is 28.8 Å². The zero-order valence-corrected chi connectivity index (χ0v) is 16.0. The normalized spacial score (nSPS) is 11.2. The van der Waals surface area contributed by atoms with E-state index in [1.54, 1.807) is 0 Å². The topological polar surface area (TPSA) is 145 Å². The Morgan fingerprint density at radius 3 is 2.03 bits per heavy atom. The fraction of sp³-hybridized carbons (Fsp3) is 0.533. The minimum absolute atomic E-state index is 0.000366. The third kappa shape index (κ3) is 8.00. The van der Waals surface area contributed by atoms with E-state index in [1.807, 2.05) is 0 Å².